The highest BCUT2D eigenvalue weighted by Crippen LogP contribution is 2.36. The van der Waals surface area contributed by atoms with Gasteiger partial charge in [0.2, 0.25) is 0 Å². The Hall–Kier alpha value is -0.0800. The van der Waals surface area contributed by atoms with E-state index in [1.54, 1.807) is 0 Å². The minimum absolute atomic E-state index is 0.335. The lowest BCUT2D eigenvalue weighted by atomic mass is 9.75. The molecule has 0 amide bonds. The van der Waals surface area contributed by atoms with Crippen molar-refractivity contribution >= 4 is 0 Å². The molecule has 0 aromatic carbocycles. The van der Waals surface area contributed by atoms with E-state index in [-0.39, 0.29) is 0 Å². The predicted molar refractivity (Wildman–Crippen MR) is 51.2 cm³/mol. The second kappa shape index (κ2) is 4.24. The third kappa shape index (κ3) is 1.99. The van der Waals surface area contributed by atoms with E-state index in [1.807, 2.05) is 0 Å². The highest BCUT2D eigenvalue weighted by molar-refractivity contribution is 4.92. The van der Waals surface area contributed by atoms with Gasteiger partial charge in [-0.2, -0.15) is 0 Å². The summed E-state index contributed by atoms with van der Waals surface area (Å²) in [5, 5.41) is 8.65. The molecule has 2 nitrogen and oxygen atoms in total. The van der Waals surface area contributed by atoms with Crippen LogP contribution in [0.25, 0.3) is 0 Å². The number of likely N-dealkylation sites (tertiary alicyclic amines) is 1. The summed E-state index contributed by atoms with van der Waals surface area (Å²) < 4.78 is 0. The molecule has 1 saturated heterocycles. The predicted octanol–water partition coefficient (Wildman–Crippen LogP) is 1.49. The van der Waals surface area contributed by atoms with Crippen molar-refractivity contribution in [1.82, 2.24) is 4.90 Å². The molecule has 1 N–H and O–H groups in total. The molecular formula is C10H21NO. The van der Waals surface area contributed by atoms with Crippen LogP contribution < -0.4 is 0 Å². The van der Waals surface area contributed by atoms with Crippen molar-refractivity contribution in [3.05, 3.63) is 0 Å². The molecule has 0 spiro atoms. The Kier molecular flexibility index (Phi) is 3.53. The Morgan fingerprint density at radius 2 is 1.83 bits per heavy atom. The van der Waals surface area contributed by atoms with Crippen LogP contribution in [0.5, 0.6) is 0 Å². The first kappa shape index (κ1) is 10.0. The van der Waals surface area contributed by atoms with Crippen LogP contribution in [0.15, 0.2) is 0 Å². The van der Waals surface area contributed by atoms with Gasteiger partial charge in [0.05, 0.1) is 0 Å². The Bertz CT molecular complexity index is 124. The quantitative estimate of drug-likeness (QED) is 0.677. The van der Waals surface area contributed by atoms with Gasteiger partial charge >= 0.3 is 0 Å². The number of aliphatic hydroxyl groups is 1. The minimum atomic E-state index is 0.335. The van der Waals surface area contributed by atoms with Gasteiger partial charge in [0.15, 0.2) is 0 Å². The average Bonchev–Trinajstić information content (AvgIpc) is 2.04. The van der Waals surface area contributed by atoms with Crippen molar-refractivity contribution in [2.24, 2.45) is 5.41 Å². The van der Waals surface area contributed by atoms with Crippen LogP contribution in [0.4, 0.5) is 0 Å². The summed E-state index contributed by atoms with van der Waals surface area (Å²) in [4.78, 5) is 2.45. The standard InChI is InChI=1S/C10H21NO/c1-3-10(4-2)8-11(9-10)6-5-7-12/h12H,3-9H2,1-2H3. The summed E-state index contributed by atoms with van der Waals surface area (Å²) in [5.41, 5.74) is 0.620. The van der Waals surface area contributed by atoms with Crippen LogP contribution in [0.3, 0.4) is 0 Å². The fourth-order valence-electron chi connectivity index (χ4n) is 2.05. The fourth-order valence-corrected chi connectivity index (χ4v) is 2.05. The highest BCUT2D eigenvalue weighted by Gasteiger charge is 2.38. The van der Waals surface area contributed by atoms with Gasteiger partial charge in [-0.25, -0.2) is 0 Å². The summed E-state index contributed by atoms with van der Waals surface area (Å²) in [6.45, 7) is 8.49. The van der Waals surface area contributed by atoms with E-state index >= 15 is 0 Å². The summed E-state index contributed by atoms with van der Waals surface area (Å²) in [7, 11) is 0. The Morgan fingerprint density at radius 1 is 1.25 bits per heavy atom. The Labute approximate surface area is 75.6 Å². The fraction of sp³-hybridized carbons (Fsp3) is 1.00. The maximum Gasteiger partial charge on any atom is 0.0443 e. The van der Waals surface area contributed by atoms with Crippen molar-refractivity contribution in [2.45, 2.75) is 33.1 Å². The van der Waals surface area contributed by atoms with Gasteiger partial charge < -0.3 is 10.0 Å². The van der Waals surface area contributed by atoms with Gasteiger partial charge in [-0.3, -0.25) is 0 Å². The van der Waals surface area contributed by atoms with Gasteiger partial charge in [-0.15, -0.1) is 0 Å². The SMILES string of the molecule is CCC1(CC)CN(CCCO)C1. The second-order valence-corrected chi connectivity index (χ2v) is 3.99. The first-order valence-electron chi connectivity index (χ1n) is 5.09. The molecule has 1 aliphatic heterocycles. The van der Waals surface area contributed by atoms with Crippen molar-refractivity contribution in [2.75, 3.05) is 26.2 Å². The van der Waals surface area contributed by atoms with Crippen LogP contribution in [-0.4, -0.2) is 36.2 Å². The van der Waals surface area contributed by atoms with E-state index in [2.05, 4.69) is 18.7 Å². The topological polar surface area (TPSA) is 23.5 Å². The Morgan fingerprint density at radius 3 is 2.25 bits per heavy atom. The molecule has 1 aliphatic rings. The lowest BCUT2D eigenvalue weighted by Gasteiger charge is -2.50. The molecule has 72 valence electrons. The molecule has 1 fully saturated rings. The lowest BCUT2D eigenvalue weighted by molar-refractivity contribution is -0.00883. The monoisotopic (exact) mass is 171 g/mol. The number of rotatable bonds is 5. The van der Waals surface area contributed by atoms with Crippen molar-refractivity contribution < 1.29 is 5.11 Å². The van der Waals surface area contributed by atoms with Crippen LogP contribution >= 0.6 is 0 Å². The molecule has 0 atom stereocenters. The van der Waals surface area contributed by atoms with Crippen molar-refractivity contribution in [3.63, 3.8) is 0 Å². The van der Waals surface area contributed by atoms with Gasteiger partial charge in [0.1, 0.15) is 0 Å². The molecule has 1 heterocycles. The molecule has 2 heteroatoms. The smallest absolute Gasteiger partial charge is 0.0443 e. The molecular weight excluding hydrogens is 150 g/mol. The van der Waals surface area contributed by atoms with Gasteiger partial charge in [-0.1, -0.05) is 13.8 Å². The van der Waals surface area contributed by atoms with Gasteiger partial charge in [0, 0.05) is 26.2 Å². The maximum absolute atomic E-state index is 8.65. The van der Waals surface area contributed by atoms with Crippen LogP contribution in [0, 0.1) is 5.41 Å². The van der Waals surface area contributed by atoms with Crippen LogP contribution in [-0.2, 0) is 0 Å². The maximum atomic E-state index is 8.65. The van der Waals surface area contributed by atoms with Crippen LogP contribution in [0.2, 0.25) is 0 Å². The van der Waals surface area contributed by atoms with E-state index < -0.39 is 0 Å². The minimum Gasteiger partial charge on any atom is -0.396 e. The first-order valence-corrected chi connectivity index (χ1v) is 5.09. The molecule has 0 bridgehead atoms. The third-order valence-corrected chi connectivity index (χ3v) is 3.25. The number of nitrogens with zero attached hydrogens (tertiary/aromatic N) is 1. The molecule has 12 heavy (non-hydrogen) atoms. The van der Waals surface area contributed by atoms with Gasteiger partial charge in [-0.05, 0) is 24.7 Å². The second-order valence-electron chi connectivity index (χ2n) is 3.99. The van der Waals surface area contributed by atoms with E-state index in [9.17, 15) is 0 Å². The Balaban J connectivity index is 2.16. The summed E-state index contributed by atoms with van der Waals surface area (Å²) in [6, 6.07) is 0. The third-order valence-electron chi connectivity index (χ3n) is 3.25. The normalized spacial score (nSPS) is 22.2. The number of hydrogen-bond donors (Lipinski definition) is 1. The molecule has 0 unspecified atom stereocenters. The molecule has 0 aromatic rings. The molecule has 0 saturated carbocycles. The molecule has 0 radical (unpaired) electrons. The van der Waals surface area contributed by atoms with Crippen molar-refractivity contribution in [1.29, 1.82) is 0 Å². The van der Waals surface area contributed by atoms with E-state index in [4.69, 9.17) is 5.11 Å². The van der Waals surface area contributed by atoms with E-state index in [0.717, 1.165) is 13.0 Å². The molecule has 0 aromatic heterocycles. The first-order chi connectivity index (χ1) is 5.76. The van der Waals surface area contributed by atoms with Crippen molar-refractivity contribution in [3.8, 4) is 0 Å². The summed E-state index contributed by atoms with van der Waals surface area (Å²) in [5.74, 6) is 0. The highest BCUT2D eigenvalue weighted by atomic mass is 16.3. The molecule has 0 aliphatic carbocycles. The van der Waals surface area contributed by atoms with E-state index in [0.29, 0.717) is 12.0 Å². The summed E-state index contributed by atoms with van der Waals surface area (Å²) >= 11 is 0. The lowest BCUT2D eigenvalue weighted by Crippen LogP contribution is -2.55. The zero-order valence-corrected chi connectivity index (χ0v) is 8.34. The zero-order chi connectivity index (χ0) is 9.03. The molecule has 1 rings (SSSR count). The largest absolute Gasteiger partial charge is 0.396 e. The average molecular weight is 171 g/mol. The zero-order valence-electron chi connectivity index (χ0n) is 8.34. The van der Waals surface area contributed by atoms with Crippen LogP contribution in [0.1, 0.15) is 33.1 Å². The van der Waals surface area contributed by atoms with E-state index in [1.165, 1.54) is 25.9 Å². The number of aliphatic hydroxyl groups excluding tert-OH is 1. The van der Waals surface area contributed by atoms with Gasteiger partial charge in [0.25, 0.3) is 0 Å². The number of hydrogen-bond acceptors (Lipinski definition) is 2. The summed E-state index contributed by atoms with van der Waals surface area (Å²) in [6.07, 6.45) is 3.54.